The lowest BCUT2D eigenvalue weighted by Crippen LogP contribution is -2.31. The van der Waals surface area contributed by atoms with Crippen LogP contribution in [0.1, 0.15) is 38.2 Å². The van der Waals surface area contributed by atoms with Crippen molar-refractivity contribution in [1.29, 1.82) is 0 Å². The molecule has 2 heterocycles. The summed E-state index contributed by atoms with van der Waals surface area (Å²) in [5.74, 6) is -0.0595. The molecule has 1 N–H and O–H groups in total. The minimum atomic E-state index is -0.0595. The van der Waals surface area contributed by atoms with E-state index in [2.05, 4.69) is 10.3 Å². The van der Waals surface area contributed by atoms with Gasteiger partial charge in [0.15, 0.2) is 0 Å². The molecule has 1 aromatic carbocycles. The van der Waals surface area contributed by atoms with E-state index in [4.69, 9.17) is 4.74 Å². The van der Waals surface area contributed by atoms with E-state index in [9.17, 15) is 4.79 Å². The normalized spacial score (nSPS) is 19.0. The smallest absolute Gasteiger partial charge is 0.244 e. The fraction of sp³-hybridized carbons (Fsp3) is 0.400. The molecule has 2 unspecified atom stereocenters. The van der Waals surface area contributed by atoms with E-state index >= 15 is 0 Å². The van der Waals surface area contributed by atoms with Gasteiger partial charge in [-0.2, -0.15) is 0 Å². The number of para-hydroxylation sites is 1. The maximum Gasteiger partial charge on any atom is 0.244 e. The third-order valence-electron chi connectivity index (χ3n) is 4.43. The van der Waals surface area contributed by atoms with Gasteiger partial charge in [-0.25, -0.2) is 0 Å². The average molecular weight is 324 g/mol. The molecule has 0 radical (unpaired) electrons. The molecule has 1 fully saturated rings. The molecule has 24 heavy (non-hydrogen) atoms. The van der Waals surface area contributed by atoms with E-state index in [1.807, 2.05) is 43.3 Å². The van der Waals surface area contributed by atoms with Crippen molar-refractivity contribution in [3.05, 3.63) is 48.2 Å². The number of hydrogen-bond acceptors (Lipinski definition) is 3. The molecule has 0 aliphatic carbocycles. The van der Waals surface area contributed by atoms with Gasteiger partial charge in [0.05, 0.1) is 11.6 Å². The van der Waals surface area contributed by atoms with Crippen molar-refractivity contribution in [2.24, 2.45) is 0 Å². The van der Waals surface area contributed by atoms with Gasteiger partial charge >= 0.3 is 0 Å². The van der Waals surface area contributed by atoms with Crippen molar-refractivity contribution in [3.63, 3.8) is 0 Å². The predicted molar refractivity (Wildman–Crippen MR) is 96.6 cm³/mol. The Morgan fingerprint density at radius 3 is 3.12 bits per heavy atom. The van der Waals surface area contributed by atoms with Crippen LogP contribution >= 0.6 is 0 Å². The van der Waals surface area contributed by atoms with Crippen molar-refractivity contribution >= 4 is 22.9 Å². The predicted octanol–water partition coefficient (Wildman–Crippen LogP) is 3.71. The van der Waals surface area contributed by atoms with E-state index < -0.39 is 0 Å². The van der Waals surface area contributed by atoms with Crippen molar-refractivity contribution in [1.82, 2.24) is 10.3 Å². The maximum atomic E-state index is 12.1. The summed E-state index contributed by atoms with van der Waals surface area (Å²) in [5, 5.41) is 4.08. The van der Waals surface area contributed by atoms with Crippen LogP contribution in [-0.4, -0.2) is 29.6 Å². The monoisotopic (exact) mass is 324 g/mol. The third kappa shape index (κ3) is 4.42. The van der Waals surface area contributed by atoms with Crippen LogP contribution in [0.5, 0.6) is 0 Å². The van der Waals surface area contributed by atoms with Crippen LogP contribution in [0.25, 0.3) is 17.0 Å². The van der Waals surface area contributed by atoms with Crippen LogP contribution in [0, 0.1) is 0 Å². The molecule has 1 amide bonds. The minimum Gasteiger partial charge on any atom is -0.378 e. The number of amides is 1. The van der Waals surface area contributed by atoms with Crippen LogP contribution < -0.4 is 5.32 Å². The number of carbonyl (C=O) groups excluding carboxylic acids is 1. The quantitative estimate of drug-likeness (QED) is 0.824. The number of nitrogens with one attached hydrogen (secondary N) is 1. The molecule has 3 rings (SSSR count). The van der Waals surface area contributed by atoms with Crippen molar-refractivity contribution in [2.75, 3.05) is 6.61 Å². The SMILES string of the molecule is CC(CCC1CCCO1)NC(=O)/C=C/c1ccnc2ccccc12. The van der Waals surface area contributed by atoms with Gasteiger partial charge in [0.1, 0.15) is 0 Å². The number of aromatic nitrogens is 1. The highest BCUT2D eigenvalue weighted by Gasteiger charge is 2.16. The van der Waals surface area contributed by atoms with Crippen LogP contribution in [0.4, 0.5) is 0 Å². The summed E-state index contributed by atoms with van der Waals surface area (Å²) < 4.78 is 5.62. The molecule has 4 heteroatoms. The lowest BCUT2D eigenvalue weighted by molar-refractivity contribution is -0.117. The summed E-state index contributed by atoms with van der Waals surface area (Å²) in [5.41, 5.74) is 1.94. The Morgan fingerprint density at radius 2 is 2.29 bits per heavy atom. The number of carbonyl (C=O) groups is 1. The van der Waals surface area contributed by atoms with E-state index in [1.165, 1.54) is 0 Å². The number of fused-ring (bicyclic) bond motifs is 1. The standard InChI is InChI=1S/C20H24N2O2/c1-15(8-10-17-5-4-14-24-17)22-20(23)11-9-16-12-13-21-19-7-3-2-6-18(16)19/h2-3,6-7,9,11-13,15,17H,4-5,8,10,14H2,1H3,(H,22,23)/b11-9+. The van der Waals surface area contributed by atoms with Gasteiger partial charge in [-0.3, -0.25) is 9.78 Å². The zero-order valence-electron chi connectivity index (χ0n) is 14.1. The summed E-state index contributed by atoms with van der Waals surface area (Å²) >= 11 is 0. The lowest BCUT2D eigenvalue weighted by Gasteiger charge is -2.15. The van der Waals surface area contributed by atoms with E-state index in [0.717, 1.165) is 48.8 Å². The average Bonchev–Trinajstić information content (AvgIpc) is 3.11. The summed E-state index contributed by atoms with van der Waals surface area (Å²) in [4.78, 5) is 16.4. The number of rotatable bonds is 6. The topological polar surface area (TPSA) is 51.2 Å². The molecule has 4 nitrogen and oxygen atoms in total. The van der Waals surface area contributed by atoms with Gasteiger partial charge in [0.2, 0.25) is 5.91 Å². The van der Waals surface area contributed by atoms with Crippen LogP contribution in [-0.2, 0) is 9.53 Å². The van der Waals surface area contributed by atoms with Gasteiger partial charge in [-0.1, -0.05) is 18.2 Å². The molecule has 0 saturated carbocycles. The Bertz CT molecular complexity index is 715. The number of hydrogen-bond donors (Lipinski definition) is 1. The molecule has 0 spiro atoms. The first-order valence-corrected chi connectivity index (χ1v) is 8.66. The number of ether oxygens (including phenoxy) is 1. The second-order valence-corrected chi connectivity index (χ2v) is 6.37. The van der Waals surface area contributed by atoms with Crippen molar-refractivity contribution in [2.45, 2.75) is 44.8 Å². The zero-order valence-corrected chi connectivity index (χ0v) is 14.1. The summed E-state index contributed by atoms with van der Waals surface area (Å²) in [6.45, 7) is 2.93. The molecule has 1 aliphatic heterocycles. The molecule has 1 aliphatic rings. The number of nitrogens with zero attached hydrogens (tertiary/aromatic N) is 1. The number of pyridine rings is 1. The fourth-order valence-corrected chi connectivity index (χ4v) is 3.10. The molecule has 126 valence electrons. The van der Waals surface area contributed by atoms with E-state index in [0.29, 0.717) is 6.10 Å². The van der Waals surface area contributed by atoms with Gasteiger partial charge in [0, 0.05) is 30.3 Å². The van der Waals surface area contributed by atoms with Crippen molar-refractivity contribution in [3.8, 4) is 0 Å². The van der Waals surface area contributed by atoms with Crippen LogP contribution in [0.3, 0.4) is 0 Å². The summed E-state index contributed by atoms with van der Waals surface area (Å²) in [6, 6.07) is 10.0. The minimum absolute atomic E-state index is 0.0595. The largest absolute Gasteiger partial charge is 0.378 e. The summed E-state index contributed by atoms with van der Waals surface area (Å²) in [6.07, 6.45) is 9.87. The molecular formula is C20H24N2O2. The van der Waals surface area contributed by atoms with Crippen molar-refractivity contribution < 1.29 is 9.53 Å². The molecule has 0 bridgehead atoms. The maximum absolute atomic E-state index is 12.1. The highest BCUT2D eigenvalue weighted by molar-refractivity contribution is 5.95. The first-order chi connectivity index (χ1) is 11.7. The first kappa shape index (κ1) is 16.7. The first-order valence-electron chi connectivity index (χ1n) is 8.66. The van der Waals surface area contributed by atoms with E-state index in [-0.39, 0.29) is 11.9 Å². The zero-order chi connectivity index (χ0) is 16.8. The van der Waals surface area contributed by atoms with Gasteiger partial charge in [-0.15, -0.1) is 0 Å². The second kappa shape index (κ2) is 8.06. The van der Waals surface area contributed by atoms with Gasteiger partial charge < -0.3 is 10.1 Å². The van der Waals surface area contributed by atoms with Crippen LogP contribution in [0.15, 0.2) is 42.6 Å². The molecular weight excluding hydrogens is 300 g/mol. The summed E-state index contributed by atoms with van der Waals surface area (Å²) in [7, 11) is 0. The molecule has 1 saturated heterocycles. The molecule has 1 aromatic heterocycles. The highest BCUT2D eigenvalue weighted by Crippen LogP contribution is 2.18. The Kier molecular flexibility index (Phi) is 5.59. The van der Waals surface area contributed by atoms with Gasteiger partial charge in [0.25, 0.3) is 0 Å². The van der Waals surface area contributed by atoms with Gasteiger partial charge in [-0.05, 0) is 56.4 Å². The Labute approximate surface area is 142 Å². The molecule has 2 atom stereocenters. The third-order valence-corrected chi connectivity index (χ3v) is 4.43. The van der Waals surface area contributed by atoms with Crippen LogP contribution in [0.2, 0.25) is 0 Å². The Balaban J connectivity index is 1.54. The number of benzene rings is 1. The second-order valence-electron chi connectivity index (χ2n) is 6.37. The Hall–Kier alpha value is -2.20. The fourth-order valence-electron chi connectivity index (χ4n) is 3.10. The lowest BCUT2D eigenvalue weighted by atomic mass is 10.1. The Morgan fingerprint density at radius 1 is 1.42 bits per heavy atom. The highest BCUT2D eigenvalue weighted by atomic mass is 16.5. The molecule has 2 aromatic rings. The van der Waals surface area contributed by atoms with E-state index in [1.54, 1.807) is 12.3 Å².